The summed E-state index contributed by atoms with van der Waals surface area (Å²) in [5, 5.41) is 13.0. The predicted octanol–water partition coefficient (Wildman–Crippen LogP) is 1.82. The van der Waals surface area contributed by atoms with Crippen LogP contribution in [0.15, 0.2) is 11.6 Å². The van der Waals surface area contributed by atoms with Crippen molar-refractivity contribution in [1.29, 1.82) is 0 Å². The fourth-order valence-electron chi connectivity index (χ4n) is 1.90. The lowest BCUT2D eigenvalue weighted by Gasteiger charge is -2.33. The van der Waals surface area contributed by atoms with Crippen molar-refractivity contribution in [2.24, 2.45) is 0 Å². The van der Waals surface area contributed by atoms with Crippen LogP contribution in [0.2, 0.25) is 0 Å². The lowest BCUT2D eigenvalue weighted by Crippen LogP contribution is -2.47. The SMILES string of the molecule is CC1(C)C=C(CSS(C)(=O)=O)C(C)(C)N1[O]. The van der Waals surface area contributed by atoms with Crippen LogP contribution < -0.4 is 0 Å². The Morgan fingerprint density at radius 1 is 1.31 bits per heavy atom. The fourth-order valence-corrected chi connectivity index (χ4v) is 3.70. The molecule has 1 heterocycles. The third-order valence-electron chi connectivity index (χ3n) is 2.77. The van der Waals surface area contributed by atoms with Gasteiger partial charge in [0.1, 0.15) is 0 Å². The zero-order chi connectivity index (χ0) is 12.8. The second-order valence-corrected chi connectivity index (χ2v) is 9.60. The zero-order valence-electron chi connectivity index (χ0n) is 10.3. The second-order valence-electron chi connectivity index (χ2n) is 5.14. The molecule has 6 heteroatoms. The Kier molecular flexibility index (Phi) is 3.52. The maximum absolute atomic E-state index is 12.0. The van der Waals surface area contributed by atoms with Crippen LogP contribution in [0.3, 0.4) is 0 Å². The third kappa shape index (κ3) is 2.80. The molecule has 1 aliphatic heterocycles. The summed E-state index contributed by atoms with van der Waals surface area (Å²) in [5.74, 6) is 0.355. The Bertz CT molecular complexity index is 410. The van der Waals surface area contributed by atoms with Gasteiger partial charge in [-0.2, -0.15) is 0 Å². The Morgan fingerprint density at radius 2 is 1.81 bits per heavy atom. The average molecular weight is 264 g/mol. The van der Waals surface area contributed by atoms with Gasteiger partial charge in [0.15, 0.2) is 8.87 Å². The van der Waals surface area contributed by atoms with Gasteiger partial charge in [-0.15, -0.1) is 10.3 Å². The molecule has 0 aromatic rings. The summed E-state index contributed by atoms with van der Waals surface area (Å²) in [4.78, 5) is 0. The highest BCUT2D eigenvalue weighted by Gasteiger charge is 2.46. The van der Waals surface area contributed by atoms with Crippen LogP contribution in [0, 0.1) is 0 Å². The number of hydrogen-bond acceptors (Lipinski definition) is 4. The van der Waals surface area contributed by atoms with Gasteiger partial charge in [-0.05, 0) is 44.1 Å². The number of nitrogens with zero attached hydrogens (tertiary/aromatic N) is 1. The number of hydroxylamine groups is 2. The Morgan fingerprint density at radius 3 is 2.12 bits per heavy atom. The first-order valence-corrected chi connectivity index (χ1v) is 8.40. The molecular weight excluding hydrogens is 246 g/mol. The van der Waals surface area contributed by atoms with Gasteiger partial charge in [-0.1, -0.05) is 6.08 Å². The molecule has 0 N–H and O–H groups in total. The van der Waals surface area contributed by atoms with E-state index in [1.54, 1.807) is 0 Å². The van der Waals surface area contributed by atoms with E-state index in [9.17, 15) is 13.6 Å². The molecule has 0 aromatic carbocycles. The van der Waals surface area contributed by atoms with E-state index < -0.39 is 19.9 Å². The van der Waals surface area contributed by atoms with Crippen molar-refractivity contribution in [3.63, 3.8) is 0 Å². The minimum absolute atomic E-state index is 0.355. The molecule has 0 saturated carbocycles. The summed E-state index contributed by atoms with van der Waals surface area (Å²) < 4.78 is 22.2. The minimum atomic E-state index is -3.06. The first-order chi connectivity index (χ1) is 6.97. The van der Waals surface area contributed by atoms with Crippen LogP contribution in [0.5, 0.6) is 0 Å². The van der Waals surface area contributed by atoms with Gasteiger partial charge < -0.3 is 0 Å². The molecule has 4 nitrogen and oxygen atoms in total. The molecule has 16 heavy (non-hydrogen) atoms. The molecule has 0 spiro atoms. The Hall–Kier alpha value is -0.0400. The summed E-state index contributed by atoms with van der Waals surface area (Å²) in [6, 6.07) is 0. The van der Waals surface area contributed by atoms with E-state index in [-0.39, 0.29) is 0 Å². The molecule has 0 amide bonds. The molecule has 0 aromatic heterocycles. The minimum Gasteiger partial charge on any atom is -0.218 e. The highest BCUT2D eigenvalue weighted by Crippen LogP contribution is 2.40. The smallest absolute Gasteiger partial charge is 0.199 e. The van der Waals surface area contributed by atoms with Gasteiger partial charge in [0.2, 0.25) is 0 Å². The maximum Gasteiger partial charge on any atom is 0.199 e. The van der Waals surface area contributed by atoms with Crippen molar-refractivity contribution in [3.05, 3.63) is 11.6 Å². The lowest BCUT2D eigenvalue weighted by molar-refractivity contribution is -0.238. The quantitative estimate of drug-likeness (QED) is 0.576. The van der Waals surface area contributed by atoms with Gasteiger partial charge >= 0.3 is 0 Å². The van der Waals surface area contributed by atoms with Gasteiger partial charge in [-0.3, -0.25) is 0 Å². The second kappa shape index (κ2) is 4.01. The molecule has 0 unspecified atom stereocenters. The van der Waals surface area contributed by atoms with E-state index in [1.807, 2.05) is 33.8 Å². The van der Waals surface area contributed by atoms with Gasteiger partial charge in [0.25, 0.3) is 0 Å². The van der Waals surface area contributed by atoms with Gasteiger partial charge in [-0.25, -0.2) is 8.42 Å². The van der Waals surface area contributed by atoms with Crippen molar-refractivity contribution >= 4 is 19.7 Å². The Labute approximate surface area is 101 Å². The van der Waals surface area contributed by atoms with Gasteiger partial charge in [0.05, 0.1) is 11.1 Å². The first-order valence-electron chi connectivity index (χ1n) is 5.01. The average Bonchev–Trinajstić information content (AvgIpc) is 2.22. The van der Waals surface area contributed by atoms with Crippen molar-refractivity contribution in [2.45, 2.75) is 38.8 Å². The van der Waals surface area contributed by atoms with Crippen LogP contribution in [-0.4, -0.2) is 36.6 Å². The standard InChI is InChI=1S/C10H18NO3S2/c1-9(2)6-8(7-15-16(5,13)14)10(3,4)11(9)12/h6H,7H2,1-5H3. The zero-order valence-corrected chi connectivity index (χ0v) is 11.9. The van der Waals surface area contributed by atoms with E-state index >= 15 is 0 Å². The molecule has 0 atom stereocenters. The van der Waals surface area contributed by atoms with E-state index in [0.29, 0.717) is 5.75 Å². The fraction of sp³-hybridized carbons (Fsp3) is 0.800. The van der Waals surface area contributed by atoms with Crippen molar-refractivity contribution in [1.82, 2.24) is 5.06 Å². The molecule has 1 aliphatic rings. The largest absolute Gasteiger partial charge is 0.218 e. The number of hydrogen-bond donors (Lipinski definition) is 0. The normalized spacial score (nSPS) is 24.5. The summed E-state index contributed by atoms with van der Waals surface area (Å²) in [5.41, 5.74) is -0.305. The number of rotatable bonds is 3. The van der Waals surface area contributed by atoms with E-state index in [1.165, 1.54) is 6.26 Å². The maximum atomic E-state index is 12.0. The summed E-state index contributed by atoms with van der Waals surface area (Å²) in [6.07, 6.45) is 3.05. The molecular formula is C10H18NO3S2. The summed E-state index contributed by atoms with van der Waals surface area (Å²) >= 11 is 0. The van der Waals surface area contributed by atoms with Gasteiger partial charge in [0, 0.05) is 12.0 Å². The topological polar surface area (TPSA) is 57.3 Å². The third-order valence-corrected chi connectivity index (χ3v) is 5.27. The monoisotopic (exact) mass is 264 g/mol. The van der Waals surface area contributed by atoms with Crippen LogP contribution in [0.4, 0.5) is 0 Å². The summed E-state index contributed by atoms with van der Waals surface area (Å²) in [7, 11) is -2.19. The molecule has 0 saturated heterocycles. The molecule has 1 rings (SSSR count). The van der Waals surface area contributed by atoms with E-state index in [0.717, 1.165) is 21.4 Å². The van der Waals surface area contributed by atoms with Crippen LogP contribution >= 0.6 is 10.8 Å². The molecule has 0 bridgehead atoms. The van der Waals surface area contributed by atoms with Crippen molar-refractivity contribution in [3.8, 4) is 0 Å². The Balaban J connectivity index is 2.89. The summed E-state index contributed by atoms with van der Waals surface area (Å²) in [6.45, 7) is 7.31. The first kappa shape index (κ1) is 14.0. The highest BCUT2D eigenvalue weighted by molar-refractivity contribution is 8.71. The van der Waals surface area contributed by atoms with Crippen LogP contribution in [-0.2, 0) is 14.1 Å². The van der Waals surface area contributed by atoms with Crippen molar-refractivity contribution in [2.75, 3.05) is 12.0 Å². The molecule has 0 fully saturated rings. The van der Waals surface area contributed by atoms with E-state index in [4.69, 9.17) is 0 Å². The van der Waals surface area contributed by atoms with E-state index in [2.05, 4.69) is 0 Å². The predicted molar refractivity (Wildman–Crippen MR) is 66.1 cm³/mol. The molecule has 1 radical (unpaired) electrons. The highest BCUT2D eigenvalue weighted by atomic mass is 33.1. The van der Waals surface area contributed by atoms with Crippen LogP contribution in [0.1, 0.15) is 27.7 Å². The van der Waals surface area contributed by atoms with Crippen LogP contribution in [0.25, 0.3) is 0 Å². The molecule has 93 valence electrons. The van der Waals surface area contributed by atoms with Crippen molar-refractivity contribution < 1.29 is 13.6 Å². The lowest BCUT2D eigenvalue weighted by atomic mass is 9.98. The molecule has 0 aliphatic carbocycles.